The second kappa shape index (κ2) is 9.80. The molecule has 146 valence electrons. The summed E-state index contributed by atoms with van der Waals surface area (Å²) in [5, 5.41) is 10.3. The number of aliphatic hydroxyl groups is 1. The zero-order valence-electron chi connectivity index (χ0n) is 15.5. The van der Waals surface area contributed by atoms with Crippen LogP contribution in [0.2, 0.25) is 0 Å². The van der Waals surface area contributed by atoms with Crippen molar-refractivity contribution in [2.24, 2.45) is 0 Å². The van der Waals surface area contributed by atoms with E-state index in [4.69, 9.17) is 14.2 Å². The smallest absolute Gasteiger partial charge is 0.123 e. The summed E-state index contributed by atoms with van der Waals surface area (Å²) < 4.78 is 29.7. The van der Waals surface area contributed by atoms with Gasteiger partial charge in [0.15, 0.2) is 0 Å². The number of halogens is 1. The minimum atomic E-state index is -0.581. The molecule has 2 aromatic carbocycles. The molecular formula is C21H26FNO4. The molecule has 0 aromatic heterocycles. The van der Waals surface area contributed by atoms with Crippen molar-refractivity contribution in [3.8, 4) is 5.75 Å². The van der Waals surface area contributed by atoms with Gasteiger partial charge < -0.3 is 19.3 Å². The van der Waals surface area contributed by atoms with Gasteiger partial charge in [-0.3, -0.25) is 4.90 Å². The van der Waals surface area contributed by atoms with Gasteiger partial charge in [0.2, 0.25) is 0 Å². The number of methoxy groups -OCH3 is 1. The number of nitrogens with zero attached hydrogens (tertiary/aromatic N) is 1. The van der Waals surface area contributed by atoms with Crippen LogP contribution in [0.5, 0.6) is 5.75 Å². The summed E-state index contributed by atoms with van der Waals surface area (Å²) in [5.74, 6) is 0.534. The highest BCUT2D eigenvalue weighted by Crippen LogP contribution is 2.22. The number of hydrogen-bond acceptors (Lipinski definition) is 5. The van der Waals surface area contributed by atoms with Gasteiger partial charge in [0.1, 0.15) is 11.6 Å². The van der Waals surface area contributed by atoms with E-state index in [2.05, 4.69) is 4.90 Å². The fourth-order valence-electron chi connectivity index (χ4n) is 3.17. The molecule has 1 fully saturated rings. The number of rotatable bonds is 8. The molecule has 0 aliphatic carbocycles. The highest BCUT2D eigenvalue weighted by Gasteiger charge is 2.23. The number of morpholine rings is 1. The van der Waals surface area contributed by atoms with Gasteiger partial charge >= 0.3 is 0 Å². The quantitative estimate of drug-likeness (QED) is 0.769. The third-order valence-corrected chi connectivity index (χ3v) is 4.57. The largest absolute Gasteiger partial charge is 0.497 e. The van der Waals surface area contributed by atoms with E-state index in [0.29, 0.717) is 26.3 Å². The normalized spacial score (nSPS) is 19.0. The van der Waals surface area contributed by atoms with E-state index in [1.54, 1.807) is 19.2 Å². The van der Waals surface area contributed by atoms with Crippen molar-refractivity contribution < 1.29 is 23.7 Å². The SMILES string of the molecule is COc1cccc(COC[C@@H](O)CN2CCO[C@H](c3ccc(F)cc3)C2)c1. The number of ether oxygens (including phenoxy) is 3. The number of aliphatic hydroxyl groups excluding tert-OH is 1. The van der Waals surface area contributed by atoms with Gasteiger partial charge in [-0.1, -0.05) is 24.3 Å². The molecule has 27 heavy (non-hydrogen) atoms. The Balaban J connectivity index is 1.43. The van der Waals surface area contributed by atoms with Gasteiger partial charge in [-0.2, -0.15) is 0 Å². The van der Waals surface area contributed by atoms with E-state index in [-0.39, 0.29) is 18.5 Å². The van der Waals surface area contributed by atoms with E-state index < -0.39 is 6.10 Å². The van der Waals surface area contributed by atoms with E-state index in [0.717, 1.165) is 23.4 Å². The predicted molar refractivity (Wildman–Crippen MR) is 100 cm³/mol. The van der Waals surface area contributed by atoms with Crippen molar-refractivity contribution in [2.75, 3.05) is 40.0 Å². The standard InChI is InChI=1S/C21H26FNO4/c1-25-20-4-2-3-16(11-20)14-26-15-19(24)12-23-9-10-27-21(13-23)17-5-7-18(22)8-6-17/h2-8,11,19,21,24H,9-10,12-15H2,1H3/t19-,21-/m0/s1. The average Bonchev–Trinajstić information content (AvgIpc) is 2.69. The molecule has 0 bridgehead atoms. The number of β-amino-alcohol motifs (C(OH)–C–C–N with tert-alkyl or cyclic N) is 1. The third kappa shape index (κ3) is 6.01. The Morgan fingerprint density at radius 1 is 1.26 bits per heavy atom. The highest BCUT2D eigenvalue weighted by molar-refractivity contribution is 5.27. The lowest BCUT2D eigenvalue weighted by Crippen LogP contribution is -2.43. The topological polar surface area (TPSA) is 51.2 Å². The Bertz CT molecular complexity index is 710. The third-order valence-electron chi connectivity index (χ3n) is 4.57. The minimum Gasteiger partial charge on any atom is -0.497 e. The Morgan fingerprint density at radius 2 is 2.07 bits per heavy atom. The summed E-state index contributed by atoms with van der Waals surface area (Å²) in [6.07, 6.45) is -0.688. The Hall–Kier alpha value is -1.99. The Morgan fingerprint density at radius 3 is 2.85 bits per heavy atom. The fraction of sp³-hybridized carbons (Fsp3) is 0.429. The molecule has 2 atom stereocenters. The molecule has 1 aliphatic rings. The van der Waals surface area contributed by atoms with Crippen LogP contribution in [0.25, 0.3) is 0 Å². The van der Waals surface area contributed by atoms with Gasteiger partial charge in [0.05, 0.1) is 39.1 Å². The second-order valence-corrected chi connectivity index (χ2v) is 6.69. The zero-order chi connectivity index (χ0) is 19.1. The van der Waals surface area contributed by atoms with Crippen molar-refractivity contribution in [2.45, 2.75) is 18.8 Å². The van der Waals surface area contributed by atoms with Gasteiger partial charge in [-0.05, 0) is 35.4 Å². The van der Waals surface area contributed by atoms with Crippen molar-refractivity contribution in [1.29, 1.82) is 0 Å². The molecule has 6 heteroatoms. The van der Waals surface area contributed by atoms with Crippen LogP contribution >= 0.6 is 0 Å². The van der Waals surface area contributed by atoms with Gasteiger partial charge in [-0.25, -0.2) is 4.39 Å². The summed E-state index contributed by atoms with van der Waals surface area (Å²) >= 11 is 0. The summed E-state index contributed by atoms with van der Waals surface area (Å²) in [6.45, 7) is 3.20. The zero-order valence-corrected chi connectivity index (χ0v) is 15.5. The Kier molecular flexibility index (Phi) is 7.18. The van der Waals surface area contributed by atoms with Crippen molar-refractivity contribution in [3.05, 3.63) is 65.5 Å². The van der Waals surface area contributed by atoms with Crippen molar-refractivity contribution in [1.82, 2.24) is 4.90 Å². The van der Waals surface area contributed by atoms with Gasteiger partial charge in [-0.15, -0.1) is 0 Å². The molecular weight excluding hydrogens is 349 g/mol. The molecule has 1 heterocycles. The van der Waals surface area contributed by atoms with Gasteiger partial charge in [0, 0.05) is 19.6 Å². The first-order valence-electron chi connectivity index (χ1n) is 9.12. The minimum absolute atomic E-state index is 0.107. The lowest BCUT2D eigenvalue weighted by Gasteiger charge is -2.34. The monoisotopic (exact) mass is 375 g/mol. The molecule has 3 rings (SSSR count). The average molecular weight is 375 g/mol. The highest BCUT2D eigenvalue weighted by atomic mass is 19.1. The van der Waals surface area contributed by atoms with E-state index in [1.165, 1.54) is 12.1 Å². The number of benzene rings is 2. The van der Waals surface area contributed by atoms with Crippen LogP contribution in [0.4, 0.5) is 4.39 Å². The lowest BCUT2D eigenvalue weighted by atomic mass is 10.1. The fourth-order valence-corrected chi connectivity index (χ4v) is 3.17. The summed E-state index contributed by atoms with van der Waals surface area (Å²) in [5.41, 5.74) is 1.95. The van der Waals surface area contributed by atoms with Crippen molar-refractivity contribution in [3.63, 3.8) is 0 Å². The van der Waals surface area contributed by atoms with E-state index >= 15 is 0 Å². The first kappa shape index (κ1) is 19.8. The second-order valence-electron chi connectivity index (χ2n) is 6.69. The molecule has 0 saturated carbocycles. The molecule has 2 aromatic rings. The van der Waals surface area contributed by atoms with Gasteiger partial charge in [0.25, 0.3) is 0 Å². The van der Waals surface area contributed by atoms with E-state index in [1.807, 2.05) is 24.3 Å². The van der Waals surface area contributed by atoms with Crippen LogP contribution < -0.4 is 4.74 Å². The molecule has 1 saturated heterocycles. The molecule has 0 unspecified atom stereocenters. The lowest BCUT2D eigenvalue weighted by molar-refractivity contribution is -0.0536. The Labute approximate surface area is 159 Å². The summed E-state index contributed by atoms with van der Waals surface area (Å²) in [6, 6.07) is 14.1. The maximum atomic E-state index is 13.1. The van der Waals surface area contributed by atoms with Crippen LogP contribution in [-0.2, 0) is 16.1 Å². The van der Waals surface area contributed by atoms with Crippen LogP contribution in [0.1, 0.15) is 17.2 Å². The molecule has 0 amide bonds. The molecule has 1 aliphatic heterocycles. The van der Waals surface area contributed by atoms with Crippen molar-refractivity contribution >= 4 is 0 Å². The first-order chi connectivity index (χ1) is 13.1. The molecule has 1 N–H and O–H groups in total. The maximum Gasteiger partial charge on any atom is 0.123 e. The van der Waals surface area contributed by atoms with Crippen LogP contribution in [0, 0.1) is 5.82 Å². The number of hydrogen-bond donors (Lipinski definition) is 1. The van der Waals surface area contributed by atoms with Crippen LogP contribution in [-0.4, -0.2) is 56.1 Å². The maximum absolute atomic E-state index is 13.1. The van der Waals surface area contributed by atoms with E-state index in [9.17, 15) is 9.50 Å². The molecule has 5 nitrogen and oxygen atoms in total. The molecule has 0 spiro atoms. The van der Waals surface area contributed by atoms with Crippen LogP contribution in [0.15, 0.2) is 48.5 Å². The first-order valence-corrected chi connectivity index (χ1v) is 9.12. The summed E-state index contributed by atoms with van der Waals surface area (Å²) in [4.78, 5) is 2.15. The summed E-state index contributed by atoms with van der Waals surface area (Å²) in [7, 11) is 1.63. The predicted octanol–water partition coefficient (Wildman–Crippen LogP) is 2.79. The van der Waals surface area contributed by atoms with Crippen LogP contribution in [0.3, 0.4) is 0 Å². The molecule has 0 radical (unpaired) electrons.